The molecule has 1 atom stereocenters. The standard InChI is InChI=1S/C19H20FN5OS2/c20-14-9-7-13(8-10-14)18(16-6-3-11-27-16)21-17(26)12-28-19-22-23-24-25(19)15-4-1-2-5-15/h3,6-11,15,18H,1-2,4-5,12H2,(H,21,26)/t18-/m0/s1. The molecule has 1 saturated carbocycles. The molecule has 0 unspecified atom stereocenters. The molecule has 2 aromatic heterocycles. The monoisotopic (exact) mass is 417 g/mol. The lowest BCUT2D eigenvalue weighted by atomic mass is 10.1. The zero-order chi connectivity index (χ0) is 19.3. The summed E-state index contributed by atoms with van der Waals surface area (Å²) in [6, 6.07) is 10.2. The first kappa shape index (κ1) is 19.1. The summed E-state index contributed by atoms with van der Waals surface area (Å²) in [5.41, 5.74) is 0.845. The molecule has 6 nitrogen and oxygen atoms in total. The Kier molecular flexibility index (Phi) is 6.01. The average molecular weight is 418 g/mol. The highest BCUT2D eigenvalue weighted by atomic mass is 32.2. The zero-order valence-electron chi connectivity index (χ0n) is 15.1. The number of amides is 1. The van der Waals surface area contributed by atoms with Gasteiger partial charge >= 0.3 is 0 Å². The third-order valence-corrected chi connectivity index (χ3v) is 6.67. The van der Waals surface area contributed by atoms with Crippen molar-refractivity contribution in [1.29, 1.82) is 0 Å². The van der Waals surface area contributed by atoms with Crippen molar-refractivity contribution in [3.8, 4) is 0 Å². The van der Waals surface area contributed by atoms with Crippen molar-refractivity contribution in [1.82, 2.24) is 25.5 Å². The largest absolute Gasteiger partial charge is 0.344 e. The second kappa shape index (κ2) is 8.83. The SMILES string of the molecule is O=C(CSc1nnnn1C1CCCC1)N[C@@H](c1ccc(F)cc1)c1cccs1. The topological polar surface area (TPSA) is 72.7 Å². The smallest absolute Gasteiger partial charge is 0.231 e. The van der Waals surface area contributed by atoms with Gasteiger partial charge in [0.2, 0.25) is 11.1 Å². The molecule has 1 N–H and O–H groups in total. The van der Waals surface area contributed by atoms with E-state index in [0.29, 0.717) is 11.2 Å². The quantitative estimate of drug-likeness (QED) is 0.589. The van der Waals surface area contributed by atoms with E-state index in [2.05, 4.69) is 20.8 Å². The van der Waals surface area contributed by atoms with E-state index in [1.165, 1.54) is 36.7 Å². The van der Waals surface area contributed by atoms with E-state index in [1.807, 2.05) is 22.2 Å². The Morgan fingerprint density at radius 1 is 1.29 bits per heavy atom. The Morgan fingerprint density at radius 3 is 2.79 bits per heavy atom. The second-order valence-corrected chi connectivity index (χ2v) is 8.62. The van der Waals surface area contributed by atoms with E-state index >= 15 is 0 Å². The first-order valence-corrected chi connectivity index (χ1v) is 11.1. The molecule has 0 radical (unpaired) electrons. The van der Waals surface area contributed by atoms with Gasteiger partial charge in [-0.15, -0.1) is 16.4 Å². The Balaban J connectivity index is 1.42. The molecule has 0 saturated heterocycles. The number of halogens is 1. The third-order valence-electron chi connectivity index (χ3n) is 4.80. The number of carbonyl (C=O) groups excluding carboxylic acids is 1. The number of rotatable bonds is 7. The lowest BCUT2D eigenvalue weighted by molar-refractivity contribution is -0.119. The molecule has 28 heavy (non-hydrogen) atoms. The zero-order valence-corrected chi connectivity index (χ0v) is 16.8. The number of carbonyl (C=O) groups is 1. The number of nitrogens with one attached hydrogen (secondary N) is 1. The molecule has 0 bridgehead atoms. The van der Waals surface area contributed by atoms with Crippen molar-refractivity contribution in [2.75, 3.05) is 5.75 Å². The Hall–Kier alpha value is -2.26. The van der Waals surface area contributed by atoms with Gasteiger partial charge in [0.25, 0.3) is 0 Å². The number of thiophene rings is 1. The minimum Gasteiger partial charge on any atom is -0.344 e. The maximum Gasteiger partial charge on any atom is 0.231 e. The molecular weight excluding hydrogens is 397 g/mol. The van der Waals surface area contributed by atoms with Gasteiger partial charge in [-0.25, -0.2) is 9.07 Å². The molecule has 0 aliphatic heterocycles. The molecule has 2 heterocycles. The number of hydrogen-bond acceptors (Lipinski definition) is 6. The van der Waals surface area contributed by atoms with E-state index in [0.717, 1.165) is 23.3 Å². The summed E-state index contributed by atoms with van der Waals surface area (Å²) < 4.78 is 15.1. The number of aromatic nitrogens is 4. The van der Waals surface area contributed by atoms with Crippen LogP contribution in [-0.2, 0) is 4.79 Å². The second-order valence-electron chi connectivity index (χ2n) is 6.70. The van der Waals surface area contributed by atoms with Crippen LogP contribution in [0.25, 0.3) is 0 Å². The van der Waals surface area contributed by atoms with Gasteiger partial charge in [0.15, 0.2) is 0 Å². The maximum atomic E-state index is 13.3. The normalized spacial score (nSPS) is 15.6. The van der Waals surface area contributed by atoms with Crippen LogP contribution in [-0.4, -0.2) is 31.9 Å². The first-order chi connectivity index (χ1) is 13.7. The molecule has 1 aliphatic carbocycles. The number of hydrogen-bond donors (Lipinski definition) is 1. The van der Waals surface area contributed by atoms with Crippen molar-refractivity contribution >= 4 is 29.0 Å². The summed E-state index contributed by atoms with van der Waals surface area (Å²) in [6.45, 7) is 0. The lowest BCUT2D eigenvalue weighted by Crippen LogP contribution is -2.30. The van der Waals surface area contributed by atoms with Crippen LogP contribution in [0.15, 0.2) is 46.9 Å². The van der Waals surface area contributed by atoms with Gasteiger partial charge in [0, 0.05) is 4.88 Å². The number of nitrogens with zero attached hydrogens (tertiary/aromatic N) is 4. The number of benzene rings is 1. The fourth-order valence-corrected chi connectivity index (χ4v) is 4.98. The Bertz CT molecular complexity index is 907. The fraction of sp³-hybridized carbons (Fsp3) is 0.368. The molecule has 1 aromatic carbocycles. The van der Waals surface area contributed by atoms with Crippen molar-refractivity contribution in [3.63, 3.8) is 0 Å². The number of tetrazole rings is 1. The summed E-state index contributed by atoms with van der Waals surface area (Å²) in [6.07, 6.45) is 4.54. The van der Waals surface area contributed by atoms with Crippen LogP contribution in [0.1, 0.15) is 48.2 Å². The van der Waals surface area contributed by atoms with E-state index in [4.69, 9.17) is 0 Å². The van der Waals surface area contributed by atoms with Crippen LogP contribution in [0.2, 0.25) is 0 Å². The predicted molar refractivity (Wildman–Crippen MR) is 107 cm³/mol. The van der Waals surface area contributed by atoms with Gasteiger partial charge in [-0.2, -0.15) is 0 Å². The first-order valence-electron chi connectivity index (χ1n) is 9.19. The van der Waals surface area contributed by atoms with E-state index in [1.54, 1.807) is 23.5 Å². The van der Waals surface area contributed by atoms with E-state index in [9.17, 15) is 9.18 Å². The van der Waals surface area contributed by atoms with Crippen LogP contribution >= 0.6 is 23.1 Å². The van der Waals surface area contributed by atoms with Crippen LogP contribution in [0.5, 0.6) is 0 Å². The molecule has 1 aliphatic rings. The van der Waals surface area contributed by atoms with Crippen molar-refractivity contribution in [2.45, 2.75) is 42.9 Å². The van der Waals surface area contributed by atoms with Crippen molar-refractivity contribution in [3.05, 3.63) is 58.0 Å². The highest BCUT2D eigenvalue weighted by Gasteiger charge is 2.23. The highest BCUT2D eigenvalue weighted by Crippen LogP contribution is 2.31. The minimum atomic E-state index is -0.306. The Morgan fingerprint density at radius 2 is 2.07 bits per heavy atom. The maximum absolute atomic E-state index is 13.3. The third kappa shape index (κ3) is 4.41. The van der Waals surface area contributed by atoms with Gasteiger partial charge < -0.3 is 5.32 Å². The van der Waals surface area contributed by atoms with Crippen LogP contribution in [0, 0.1) is 5.82 Å². The van der Waals surface area contributed by atoms with Gasteiger partial charge in [-0.05, 0) is 52.4 Å². The minimum absolute atomic E-state index is 0.117. The summed E-state index contributed by atoms with van der Waals surface area (Å²) in [5, 5.41) is 17.7. The lowest BCUT2D eigenvalue weighted by Gasteiger charge is -2.18. The van der Waals surface area contributed by atoms with E-state index in [-0.39, 0.29) is 23.5 Å². The predicted octanol–water partition coefficient (Wildman–Crippen LogP) is 3.99. The molecular formula is C19H20FN5OS2. The summed E-state index contributed by atoms with van der Waals surface area (Å²) >= 11 is 2.90. The van der Waals surface area contributed by atoms with Gasteiger partial charge in [0.05, 0.1) is 17.8 Å². The fourth-order valence-electron chi connectivity index (χ4n) is 3.42. The molecule has 146 valence electrons. The highest BCUT2D eigenvalue weighted by molar-refractivity contribution is 7.99. The molecule has 0 spiro atoms. The van der Waals surface area contributed by atoms with Gasteiger partial charge in [-0.1, -0.05) is 42.8 Å². The van der Waals surface area contributed by atoms with Gasteiger partial charge in [-0.3, -0.25) is 4.79 Å². The van der Waals surface area contributed by atoms with Gasteiger partial charge in [0.1, 0.15) is 5.82 Å². The molecule has 4 rings (SSSR count). The molecule has 3 aromatic rings. The summed E-state index contributed by atoms with van der Waals surface area (Å²) in [7, 11) is 0. The average Bonchev–Trinajstić information content (AvgIpc) is 3.47. The van der Waals surface area contributed by atoms with Crippen molar-refractivity contribution in [2.24, 2.45) is 0 Å². The van der Waals surface area contributed by atoms with Crippen LogP contribution in [0.3, 0.4) is 0 Å². The van der Waals surface area contributed by atoms with E-state index < -0.39 is 0 Å². The number of thioether (sulfide) groups is 1. The van der Waals surface area contributed by atoms with Crippen LogP contribution < -0.4 is 5.32 Å². The van der Waals surface area contributed by atoms with Crippen LogP contribution in [0.4, 0.5) is 4.39 Å². The Labute approximate surface area is 170 Å². The molecule has 1 fully saturated rings. The summed E-state index contributed by atoms with van der Waals surface area (Å²) in [5.74, 6) is -0.195. The molecule has 9 heteroatoms. The summed E-state index contributed by atoms with van der Waals surface area (Å²) in [4.78, 5) is 13.6. The molecule has 1 amide bonds. The van der Waals surface area contributed by atoms with Crippen molar-refractivity contribution < 1.29 is 9.18 Å².